The minimum absolute atomic E-state index is 0.133. The van der Waals surface area contributed by atoms with Crippen molar-refractivity contribution in [3.63, 3.8) is 0 Å². The zero-order chi connectivity index (χ0) is 19.9. The molecular formula is C22H25ClFN3O. The topological polar surface area (TPSA) is 35.6 Å². The average Bonchev–Trinajstić information content (AvgIpc) is 2.71. The van der Waals surface area contributed by atoms with Gasteiger partial charge in [-0.15, -0.1) is 0 Å². The molecule has 1 N–H and O–H groups in total. The zero-order valence-electron chi connectivity index (χ0n) is 15.9. The second kappa shape index (κ2) is 9.82. The van der Waals surface area contributed by atoms with E-state index >= 15 is 0 Å². The summed E-state index contributed by atoms with van der Waals surface area (Å²) in [5, 5.41) is 3.00. The summed E-state index contributed by atoms with van der Waals surface area (Å²) in [6.07, 6.45) is 4.31. The number of carbonyl (C=O) groups is 1. The lowest BCUT2D eigenvalue weighted by atomic mass is 10.2. The highest BCUT2D eigenvalue weighted by atomic mass is 35.5. The molecule has 1 saturated heterocycles. The third-order valence-corrected chi connectivity index (χ3v) is 5.31. The van der Waals surface area contributed by atoms with E-state index in [2.05, 4.69) is 39.4 Å². The molecule has 28 heavy (non-hydrogen) atoms. The number of anilines is 1. The SMILES string of the molecule is CC(C(=O)Nc1ccc(F)cc1Cl)N1CCN(C/C=C/c2ccccc2)CC1. The number of carbonyl (C=O) groups excluding carboxylic acids is 1. The number of amides is 1. The summed E-state index contributed by atoms with van der Waals surface area (Å²) in [7, 11) is 0. The Bertz CT molecular complexity index is 820. The first-order chi connectivity index (χ1) is 13.5. The molecule has 2 aromatic carbocycles. The smallest absolute Gasteiger partial charge is 0.241 e. The van der Waals surface area contributed by atoms with E-state index in [0.717, 1.165) is 32.7 Å². The molecule has 0 aliphatic carbocycles. The van der Waals surface area contributed by atoms with Crippen LogP contribution in [0.2, 0.25) is 5.02 Å². The molecule has 0 bridgehead atoms. The van der Waals surface area contributed by atoms with Crippen molar-refractivity contribution in [3.8, 4) is 0 Å². The van der Waals surface area contributed by atoms with Crippen LogP contribution in [0.1, 0.15) is 12.5 Å². The van der Waals surface area contributed by atoms with Crippen molar-refractivity contribution in [2.45, 2.75) is 13.0 Å². The molecule has 0 spiro atoms. The van der Waals surface area contributed by atoms with E-state index in [4.69, 9.17) is 11.6 Å². The van der Waals surface area contributed by atoms with Crippen LogP contribution in [0.3, 0.4) is 0 Å². The van der Waals surface area contributed by atoms with Crippen molar-refractivity contribution >= 4 is 29.3 Å². The fourth-order valence-corrected chi connectivity index (χ4v) is 3.44. The third-order valence-electron chi connectivity index (χ3n) is 5.00. The van der Waals surface area contributed by atoms with E-state index < -0.39 is 5.82 Å². The van der Waals surface area contributed by atoms with Crippen LogP contribution in [-0.2, 0) is 4.79 Å². The standard InChI is InChI=1S/C22H25ClFN3O/c1-17(22(28)25-21-10-9-19(24)16-20(21)23)27-14-12-26(13-15-27)11-5-8-18-6-3-2-4-7-18/h2-10,16-17H,11-15H2,1H3,(H,25,28)/b8-5+. The summed E-state index contributed by atoms with van der Waals surface area (Å²) in [6.45, 7) is 6.25. The number of hydrogen-bond donors (Lipinski definition) is 1. The number of nitrogens with one attached hydrogen (secondary N) is 1. The van der Waals surface area contributed by atoms with Gasteiger partial charge < -0.3 is 5.32 Å². The van der Waals surface area contributed by atoms with Crippen molar-refractivity contribution in [2.24, 2.45) is 0 Å². The van der Waals surface area contributed by atoms with Crippen molar-refractivity contribution in [3.05, 3.63) is 71.0 Å². The number of halogens is 2. The van der Waals surface area contributed by atoms with E-state index in [0.29, 0.717) is 5.69 Å². The molecule has 1 atom stereocenters. The molecule has 6 heteroatoms. The molecule has 0 aromatic heterocycles. The quantitative estimate of drug-likeness (QED) is 0.790. The Labute approximate surface area is 170 Å². The maximum atomic E-state index is 13.1. The van der Waals surface area contributed by atoms with Crippen molar-refractivity contribution < 1.29 is 9.18 Å². The third kappa shape index (κ3) is 5.64. The van der Waals surface area contributed by atoms with Crippen LogP contribution in [0.15, 0.2) is 54.6 Å². The van der Waals surface area contributed by atoms with Gasteiger partial charge in [0.05, 0.1) is 16.8 Å². The second-order valence-corrected chi connectivity index (χ2v) is 7.35. The fourth-order valence-electron chi connectivity index (χ4n) is 3.23. The molecule has 1 heterocycles. The Kier molecular flexibility index (Phi) is 7.20. The van der Waals surface area contributed by atoms with Gasteiger partial charge in [-0.3, -0.25) is 14.6 Å². The summed E-state index contributed by atoms with van der Waals surface area (Å²) < 4.78 is 13.1. The lowest BCUT2D eigenvalue weighted by Crippen LogP contribution is -2.52. The van der Waals surface area contributed by atoms with Gasteiger partial charge in [0, 0.05) is 32.7 Å². The summed E-state index contributed by atoms with van der Waals surface area (Å²) in [5.41, 5.74) is 1.63. The van der Waals surface area contributed by atoms with Gasteiger partial charge >= 0.3 is 0 Å². The minimum atomic E-state index is -0.423. The van der Waals surface area contributed by atoms with E-state index in [9.17, 15) is 9.18 Å². The predicted octanol–water partition coefficient (Wildman–Crippen LogP) is 4.14. The molecule has 1 aliphatic rings. The van der Waals surface area contributed by atoms with Gasteiger partial charge in [0.2, 0.25) is 5.91 Å². The van der Waals surface area contributed by atoms with Crippen LogP contribution in [0.25, 0.3) is 6.08 Å². The van der Waals surface area contributed by atoms with Crippen LogP contribution in [0, 0.1) is 5.82 Å². The number of rotatable bonds is 6. The monoisotopic (exact) mass is 401 g/mol. The first-order valence-electron chi connectivity index (χ1n) is 9.47. The second-order valence-electron chi connectivity index (χ2n) is 6.94. The number of piperazine rings is 1. The van der Waals surface area contributed by atoms with E-state index in [-0.39, 0.29) is 17.0 Å². The molecule has 1 amide bonds. The Hall–Kier alpha value is -2.21. The first kappa shape index (κ1) is 20.5. The summed E-state index contributed by atoms with van der Waals surface area (Å²) in [5.74, 6) is -0.556. The Morgan fingerprint density at radius 3 is 2.57 bits per heavy atom. The van der Waals surface area contributed by atoms with Gasteiger partial charge in [0.15, 0.2) is 0 Å². The van der Waals surface area contributed by atoms with Gasteiger partial charge in [-0.25, -0.2) is 4.39 Å². The molecule has 1 aliphatic heterocycles. The molecule has 0 saturated carbocycles. The largest absolute Gasteiger partial charge is 0.323 e. The number of nitrogens with zero attached hydrogens (tertiary/aromatic N) is 2. The molecule has 1 unspecified atom stereocenters. The van der Waals surface area contributed by atoms with Gasteiger partial charge in [0.1, 0.15) is 5.82 Å². The maximum absolute atomic E-state index is 13.1. The molecule has 3 rings (SSSR count). The van der Waals surface area contributed by atoms with Crippen LogP contribution in [0.5, 0.6) is 0 Å². The Morgan fingerprint density at radius 1 is 1.18 bits per heavy atom. The molecule has 0 radical (unpaired) electrons. The number of hydrogen-bond acceptors (Lipinski definition) is 3. The molecule has 148 valence electrons. The Balaban J connectivity index is 1.46. The van der Waals surface area contributed by atoms with Crippen LogP contribution >= 0.6 is 11.6 Å². The van der Waals surface area contributed by atoms with Crippen LogP contribution in [-0.4, -0.2) is 54.5 Å². The molecular weight excluding hydrogens is 377 g/mol. The average molecular weight is 402 g/mol. The number of benzene rings is 2. The van der Waals surface area contributed by atoms with Crippen LogP contribution < -0.4 is 5.32 Å². The normalized spacial score (nSPS) is 17.0. The molecule has 4 nitrogen and oxygen atoms in total. The lowest BCUT2D eigenvalue weighted by Gasteiger charge is -2.37. The van der Waals surface area contributed by atoms with Gasteiger partial charge in [-0.1, -0.05) is 54.1 Å². The van der Waals surface area contributed by atoms with Gasteiger partial charge in [0.25, 0.3) is 0 Å². The highest BCUT2D eigenvalue weighted by molar-refractivity contribution is 6.33. The van der Waals surface area contributed by atoms with Crippen molar-refractivity contribution in [1.29, 1.82) is 0 Å². The highest BCUT2D eigenvalue weighted by Crippen LogP contribution is 2.23. The summed E-state index contributed by atoms with van der Waals surface area (Å²) in [4.78, 5) is 17.1. The first-order valence-corrected chi connectivity index (χ1v) is 9.84. The van der Waals surface area contributed by atoms with E-state index in [1.54, 1.807) is 0 Å². The van der Waals surface area contributed by atoms with Gasteiger partial charge in [-0.05, 0) is 30.7 Å². The fraction of sp³-hybridized carbons (Fsp3) is 0.318. The predicted molar refractivity (Wildman–Crippen MR) is 113 cm³/mol. The van der Waals surface area contributed by atoms with Gasteiger partial charge in [-0.2, -0.15) is 0 Å². The minimum Gasteiger partial charge on any atom is -0.323 e. The Morgan fingerprint density at radius 2 is 1.89 bits per heavy atom. The highest BCUT2D eigenvalue weighted by Gasteiger charge is 2.25. The lowest BCUT2D eigenvalue weighted by molar-refractivity contribution is -0.121. The van der Waals surface area contributed by atoms with Crippen molar-refractivity contribution in [2.75, 3.05) is 38.0 Å². The van der Waals surface area contributed by atoms with Crippen molar-refractivity contribution in [1.82, 2.24) is 9.80 Å². The summed E-state index contributed by atoms with van der Waals surface area (Å²) >= 11 is 5.99. The molecule has 1 fully saturated rings. The van der Waals surface area contributed by atoms with E-state index in [1.165, 1.54) is 23.8 Å². The molecule has 2 aromatic rings. The van der Waals surface area contributed by atoms with Crippen LogP contribution in [0.4, 0.5) is 10.1 Å². The maximum Gasteiger partial charge on any atom is 0.241 e. The zero-order valence-corrected chi connectivity index (χ0v) is 16.7. The van der Waals surface area contributed by atoms with E-state index in [1.807, 2.05) is 25.1 Å². The summed E-state index contributed by atoms with van der Waals surface area (Å²) in [6, 6.07) is 13.9.